The Hall–Kier alpha value is -1.07. The highest BCUT2D eigenvalue weighted by Crippen LogP contribution is 2.24. The van der Waals surface area contributed by atoms with Gasteiger partial charge in [0.05, 0.1) is 12.2 Å². The number of para-hydroxylation sites is 1. The molecular weight excluding hydrogens is 226 g/mol. The van der Waals surface area contributed by atoms with Gasteiger partial charge in [-0.05, 0) is 29.9 Å². The summed E-state index contributed by atoms with van der Waals surface area (Å²) >= 11 is 3.12. The van der Waals surface area contributed by atoms with Gasteiger partial charge in [0.1, 0.15) is 0 Å². The summed E-state index contributed by atoms with van der Waals surface area (Å²) in [5.41, 5.74) is 2.13. The number of anilines is 1. The zero-order valence-corrected chi connectivity index (χ0v) is 9.94. The number of nitrogens with one attached hydrogen (secondary N) is 1. The largest absolute Gasteiger partial charge is 0.378 e. The van der Waals surface area contributed by atoms with Crippen LogP contribution in [0.15, 0.2) is 34.5 Å². The molecule has 1 aromatic heterocycles. The van der Waals surface area contributed by atoms with Crippen LogP contribution in [0.3, 0.4) is 0 Å². The number of benzene rings is 1. The van der Waals surface area contributed by atoms with Crippen molar-refractivity contribution < 1.29 is 0 Å². The highest BCUT2D eigenvalue weighted by Gasteiger charge is 2.00. The van der Waals surface area contributed by atoms with E-state index in [2.05, 4.69) is 33.3 Å². The first-order valence-corrected chi connectivity index (χ1v) is 6.59. The van der Waals surface area contributed by atoms with E-state index in [-0.39, 0.29) is 0 Å². The van der Waals surface area contributed by atoms with Crippen molar-refractivity contribution in [3.05, 3.63) is 35.3 Å². The van der Waals surface area contributed by atoms with Crippen LogP contribution in [0, 0.1) is 0 Å². The lowest BCUT2D eigenvalue weighted by atomic mass is 10.3. The van der Waals surface area contributed by atoms with Gasteiger partial charge < -0.3 is 5.32 Å². The second-order valence-corrected chi connectivity index (χ2v) is 4.41. The quantitative estimate of drug-likeness (QED) is 0.830. The highest BCUT2D eigenvalue weighted by atomic mass is 32.2. The molecule has 0 aliphatic heterocycles. The van der Waals surface area contributed by atoms with Gasteiger partial charge in [0.2, 0.25) is 0 Å². The number of hydrogen-bond acceptors (Lipinski definition) is 5. The topological polar surface area (TPSA) is 37.8 Å². The summed E-state index contributed by atoms with van der Waals surface area (Å²) in [5, 5.41) is 9.29. The molecule has 0 amide bonds. The number of aromatic nitrogens is 2. The van der Waals surface area contributed by atoms with Crippen molar-refractivity contribution >= 4 is 29.0 Å². The van der Waals surface area contributed by atoms with E-state index in [9.17, 15) is 0 Å². The Morgan fingerprint density at radius 3 is 3.00 bits per heavy atom. The van der Waals surface area contributed by atoms with E-state index in [1.54, 1.807) is 11.8 Å². The summed E-state index contributed by atoms with van der Waals surface area (Å²) in [4.78, 5) is 1.25. The third kappa shape index (κ3) is 2.70. The predicted molar refractivity (Wildman–Crippen MR) is 65.5 cm³/mol. The summed E-state index contributed by atoms with van der Waals surface area (Å²) in [6.45, 7) is 0.730. The minimum absolute atomic E-state index is 0.730. The normalized spacial score (nSPS) is 10.2. The Labute approximate surface area is 97.1 Å². The Kier molecular flexibility index (Phi) is 3.58. The van der Waals surface area contributed by atoms with Gasteiger partial charge in [-0.2, -0.15) is 0 Å². The van der Waals surface area contributed by atoms with Crippen molar-refractivity contribution in [2.75, 3.05) is 11.6 Å². The first-order chi connectivity index (χ1) is 7.40. The van der Waals surface area contributed by atoms with Gasteiger partial charge in [0, 0.05) is 16.0 Å². The van der Waals surface area contributed by atoms with Crippen molar-refractivity contribution in [3.8, 4) is 0 Å². The molecular formula is C10H11N3S2. The number of rotatable bonds is 4. The average molecular weight is 237 g/mol. The van der Waals surface area contributed by atoms with Gasteiger partial charge in [-0.15, -0.1) is 16.9 Å². The van der Waals surface area contributed by atoms with Gasteiger partial charge in [-0.3, -0.25) is 0 Å². The Bertz CT molecular complexity index is 414. The van der Waals surface area contributed by atoms with Gasteiger partial charge in [-0.25, -0.2) is 0 Å². The molecule has 3 nitrogen and oxygen atoms in total. The maximum atomic E-state index is 3.99. The van der Waals surface area contributed by atoms with Gasteiger partial charge >= 0.3 is 0 Å². The molecule has 78 valence electrons. The summed E-state index contributed by atoms with van der Waals surface area (Å²) < 4.78 is 3.82. The molecule has 1 N–H and O–H groups in total. The maximum absolute atomic E-state index is 3.99. The molecule has 0 spiro atoms. The lowest BCUT2D eigenvalue weighted by Crippen LogP contribution is -2.00. The average Bonchev–Trinajstić information content (AvgIpc) is 2.79. The van der Waals surface area contributed by atoms with E-state index in [0.717, 1.165) is 17.9 Å². The molecule has 1 heterocycles. The van der Waals surface area contributed by atoms with Crippen molar-refractivity contribution in [2.24, 2.45) is 0 Å². The van der Waals surface area contributed by atoms with E-state index in [1.165, 1.54) is 16.4 Å². The second kappa shape index (κ2) is 5.14. The first kappa shape index (κ1) is 10.4. The SMILES string of the molecule is CSc1ccccc1NCc1csnn1. The van der Waals surface area contributed by atoms with Crippen LogP contribution in [0.2, 0.25) is 0 Å². The van der Waals surface area contributed by atoms with Crippen LogP contribution in [-0.2, 0) is 6.54 Å². The zero-order chi connectivity index (χ0) is 10.5. The third-order valence-electron chi connectivity index (χ3n) is 1.97. The van der Waals surface area contributed by atoms with Crippen molar-refractivity contribution in [1.29, 1.82) is 0 Å². The van der Waals surface area contributed by atoms with Crippen LogP contribution < -0.4 is 5.32 Å². The zero-order valence-electron chi connectivity index (χ0n) is 8.30. The fraction of sp³-hybridized carbons (Fsp3) is 0.200. The van der Waals surface area contributed by atoms with Crippen molar-refractivity contribution in [2.45, 2.75) is 11.4 Å². The number of thioether (sulfide) groups is 1. The van der Waals surface area contributed by atoms with E-state index in [1.807, 2.05) is 17.5 Å². The van der Waals surface area contributed by atoms with Crippen LogP contribution in [-0.4, -0.2) is 15.8 Å². The lowest BCUT2D eigenvalue weighted by Gasteiger charge is -2.08. The molecule has 0 unspecified atom stereocenters. The van der Waals surface area contributed by atoms with Gasteiger partial charge in [0.15, 0.2) is 0 Å². The van der Waals surface area contributed by atoms with E-state index < -0.39 is 0 Å². The molecule has 0 aliphatic carbocycles. The third-order valence-corrected chi connectivity index (χ3v) is 3.32. The van der Waals surface area contributed by atoms with E-state index in [4.69, 9.17) is 0 Å². The highest BCUT2D eigenvalue weighted by molar-refractivity contribution is 7.98. The molecule has 0 fully saturated rings. The van der Waals surface area contributed by atoms with Crippen LogP contribution >= 0.6 is 23.3 Å². The van der Waals surface area contributed by atoms with Crippen LogP contribution in [0.25, 0.3) is 0 Å². The maximum Gasteiger partial charge on any atom is 0.0946 e. The molecule has 0 bridgehead atoms. The molecule has 1 aromatic carbocycles. The summed E-state index contributed by atoms with van der Waals surface area (Å²) in [6.07, 6.45) is 2.07. The first-order valence-electron chi connectivity index (χ1n) is 4.53. The molecule has 5 heteroatoms. The molecule has 2 rings (SSSR count). The second-order valence-electron chi connectivity index (χ2n) is 2.95. The summed E-state index contributed by atoms with van der Waals surface area (Å²) in [7, 11) is 0. The van der Waals surface area contributed by atoms with Crippen LogP contribution in [0.5, 0.6) is 0 Å². The Morgan fingerprint density at radius 1 is 1.40 bits per heavy atom. The van der Waals surface area contributed by atoms with Crippen molar-refractivity contribution in [1.82, 2.24) is 9.59 Å². The van der Waals surface area contributed by atoms with Crippen molar-refractivity contribution in [3.63, 3.8) is 0 Å². The minimum Gasteiger partial charge on any atom is -0.378 e. The molecule has 15 heavy (non-hydrogen) atoms. The number of nitrogens with zero attached hydrogens (tertiary/aromatic N) is 2. The molecule has 0 radical (unpaired) electrons. The van der Waals surface area contributed by atoms with Crippen LogP contribution in [0.4, 0.5) is 5.69 Å². The van der Waals surface area contributed by atoms with Gasteiger partial charge in [0.25, 0.3) is 0 Å². The van der Waals surface area contributed by atoms with E-state index >= 15 is 0 Å². The standard InChI is InChI=1S/C10H11N3S2/c1-14-10-5-3-2-4-9(10)11-6-8-7-15-13-12-8/h2-5,7,11H,6H2,1H3. The molecule has 0 aliphatic rings. The van der Waals surface area contributed by atoms with E-state index in [0.29, 0.717) is 0 Å². The smallest absolute Gasteiger partial charge is 0.0946 e. The monoisotopic (exact) mass is 237 g/mol. The Morgan fingerprint density at radius 2 is 2.27 bits per heavy atom. The lowest BCUT2D eigenvalue weighted by molar-refractivity contribution is 0.994. The molecule has 0 atom stereocenters. The fourth-order valence-corrected chi connectivity index (χ4v) is 2.26. The van der Waals surface area contributed by atoms with Gasteiger partial charge in [-0.1, -0.05) is 16.6 Å². The molecule has 2 aromatic rings. The molecule has 0 saturated heterocycles. The van der Waals surface area contributed by atoms with Crippen LogP contribution in [0.1, 0.15) is 5.69 Å². The number of hydrogen-bond donors (Lipinski definition) is 1. The molecule has 0 saturated carbocycles. The summed E-state index contributed by atoms with van der Waals surface area (Å²) in [5.74, 6) is 0. The minimum atomic E-state index is 0.730. The predicted octanol–water partition coefficient (Wildman–Crippen LogP) is 2.87. The summed E-state index contributed by atoms with van der Waals surface area (Å²) in [6, 6.07) is 8.25. The fourth-order valence-electron chi connectivity index (χ4n) is 1.24. The Balaban J connectivity index is 2.04.